The fraction of sp³-hybridized carbons (Fsp3) is 0.440. The number of carbonyl (C=O) groups excluding carboxylic acids is 2. The minimum absolute atomic E-state index is 0.302. The van der Waals surface area contributed by atoms with Crippen molar-refractivity contribution in [2.24, 2.45) is 0 Å². The number of ketones is 2. The maximum Gasteiger partial charge on any atom is 0.458 e. The fourth-order valence-electron chi connectivity index (χ4n) is 5.10. The Balaban J connectivity index is 0.000000275. The van der Waals surface area contributed by atoms with Crippen molar-refractivity contribution in [3.05, 3.63) is 52.0 Å². The van der Waals surface area contributed by atoms with Crippen molar-refractivity contribution in [3.8, 4) is 0 Å². The van der Waals surface area contributed by atoms with Crippen molar-refractivity contribution in [3.63, 3.8) is 0 Å². The van der Waals surface area contributed by atoms with Crippen molar-refractivity contribution in [2.45, 2.75) is 43.5 Å². The summed E-state index contributed by atoms with van der Waals surface area (Å²) < 4.78 is 112. The van der Waals surface area contributed by atoms with E-state index in [1.54, 1.807) is 6.07 Å². The quantitative estimate of drug-likeness (QED) is 0.318. The van der Waals surface area contributed by atoms with Crippen LogP contribution in [0.1, 0.15) is 29.0 Å². The molecule has 0 radical (unpaired) electrons. The summed E-state index contributed by atoms with van der Waals surface area (Å²) in [5.41, 5.74) is 3.87. The number of benzene rings is 2. The van der Waals surface area contributed by atoms with Crippen molar-refractivity contribution in [1.82, 2.24) is 5.32 Å². The molecule has 41 heavy (non-hydrogen) atoms. The molecule has 6 nitrogen and oxygen atoms in total. The number of halogens is 10. The van der Waals surface area contributed by atoms with Crippen LogP contribution in [0.4, 0.5) is 56.6 Å². The van der Waals surface area contributed by atoms with Gasteiger partial charge < -0.3 is 20.3 Å². The van der Waals surface area contributed by atoms with Crippen LogP contribution in [0, 0.1) is 0 Å². The molecule has 3 aliphatic heterocycles. The molecule has 2 atom stereocenters. The molecular weight excluding hydrogens is 597 g/mol. The van der Waals surface area contributed by atoms with Gasteiger partial charge in [0.05, 0.1) is 23.8 Å². The van der Waals surface area contributed by atoms with Gasteiger partial charge in [0.15, 0.2) is 0 Å². The SMILES string of the molecule is FC(F)(F)c1cc(Nc2cc3c4c(c2)[C@@H]2CNCC[C@@H]2N4CCOC3)ccc1Cl.O=C(C(=O)C(F)(F)F)C(F)(F)F. The number of nitrogens with zero attached hydrogens (tertiary/aromatic N) is 1. The highest BCUT2D eigenvalue weighted by molar-refractivity contribution is 6.41. The second-order valence-electron chi connectivity index (χ2n) is 9.46. The lowest BCUT2D eigenvalue weighted by atomic mass is 9.89. The number of piperidine rings is 1. The Kier molecular flexibility index (Phi) is 8.54. The van der Waals surface area contributed by atoms with Crippen molar-refractivity contribution >= 4 is 40.2 Å². The van der Waals surface area contributed by atoms with Crippen molar-refractivity contribution in [1.29, 1.82) is 0 Å². The van der Waals surface area contributed by atoms with Crippen LogP contribution < -0.4 is 15.5 Å². The summed E-state index contributed by atoms with van der Waals surface area (Å²) in [6, 6.07) is 8.42. The maximum absolute atomic E-state index is 13.2. The molecule has 2 aromatic carbocycles. The molecule has 0 spiro atoms. The Bertz CT molecular complexity index is 1300. The van der Waals surface area contributed by atoms with E-state index in [1.807, 2.05) is 6.07 Å². The van der Waals surface area contributed by atoms with E-state index in [2.05, 4.69) is 21.6 Å². The monoisotopic (exact) mass is 617 g/mol. The van der Waals surface area contributed by atoms with E-state index in [1.165, 1.54) is 17.3 Å². The number of fused-ring (bicyclic) bond motifs is 3. The summed E-state index contributed by atoms with van der Waals surface area (Å²) in [6.07, 6.45) is -15.0. The molecule has 5 rings (SSSR count). The molecule has 0 aliphatic carbocycles. The smallest absolute Gasteiger partial charge is 0.375 e. The van der Waals surface area contributed by atoms with Crippen LogP contribution in [-0.2, 0) is 27.1 Å². The molecule has 0 unspecified atom stereocenters. The first kappa shape index (κ1) is 30.9. The first-order chi connectivity index (χ1) is 19.0. The average molecular weight is 618 g/mol. The van der Waals surface area contributed by atoms with Gasteiger partial charge in [-0.2, -0.15) is 39.5 Å². The largest absolute Gasteiger partial charge is 0.458 e. The first-order valence-electron chi connectivity index (χ1n) is 12.1. The van der Waals surface area contributed by atoms with Gasteiger partial charge in [0.1, 0.15) is 0 Å². The lowest BCUT2D eigenvalue weighted by molar-refractivity contribution is -0.193. The third kappa shape index (κ3) is 6.72. The predicted octanol–water partition coefficient (Wildman–Crippen LogP) is 6.15. The van der Waals surface area contributed by atoms with Crippen LogP contribution in [0.15, 0.2) is 30.3 Å². The lowest BCUT2D eigenvalue weighted by Gasteiger charge is -2.33. The Labute approximate surface area is 231 Å². The van der Waals surface area contributed by atoms with Crippen molar-refractivity contribution in [2.75, 3.05) is 36.5 Å². The standard InChI is InChI=1S/C21H21ClF3N3O.C4F6O2/c22-18-2-1-13(9-17(18)21(23,24)25)27-14-7-12-11-29-6-5-28-19-3-4-26-10-16(19)15(8-14)20(12)28;5-3(6,7)1(11)2(12)4(8,9)10/h1-2,7-9,16,19,26-27H,3-6,10-11H2;/t16-,19-;/m0./s1. The van der Waals surface area contributed by atoms with Crippen LogP contribution in [0.25, 0.3) is 0 Å². The van der Waals surface area contributed by atoms with Crippen molar-refractivity contribution < 1.29 is 53.8 Å². The maximum atomic E-state index is 13.2. The number of Topliss-reactive ketones (excluding diaryl/α,β-unsaturated/α-hetero) is 2. The third-order valence-electron chi connectivity index (χ3n) is 6.77. The van der Waals surface area contributed by atoms with Gasteiger partial charge in [0, 0.05) is 47.7 Å². The molecule has 224 valence electrons. The van der Waals surface area contributed by atoms with Gasteiger partial charge in [0.25, 0.3) is 0 Å². The zero-order valence-corrected chi connectivity index (χ0v) is 21.5. The summed E-state index contributed by atoms with van der Waals surface area (Å²) in [6.45, 7) is 3.98. The number of carbonyl (C=O) groups is 2. The van der Waals surface area contributed by atoms with E-state index in [0.29, 0.717) is 30.9 Å². The summed E-state index contributed by atoms with van der Waals surface area (Å²) in [5, 5.41) is 6.33. The highest BCUT2D eigenvalue weighted by Gasteiger charge is 2.54. The summed E-state index contributed by atoms with van der Waals surface area (Å²) in [4.78, 5) is 21.7. The summed E-state index contributed by atoms with van der Waals surface area (Å²) in [5.74, 6) is -6.43. The van der Waals surface area contributed by atoms with Crippen LogP contribution in [-0.4, -0.2) is 56.2 Å². The van der Waals surface area contributed by atoms with Crippen LogP contribution in [0.3, 0.4) is 0 Å². The normalized spacial score (nSPS) is 20.3. The summed E-state index contributed by atoms with van der Waals surface area (Å²) in [7, 11) is 0. The number of hydrogen-bond acceptors (Lipinski definition) is 6. The van der Waals surface area contributed by atoms with Crippen LogP contribution >= 0.6 is 11.6 Å². The molecular formula is C25H21ClF9N3O3. The number of anilines is 3. The van der Waals surface area contributed by atoms with Gasteiger partial charge in [-0.1, -0.05) is 11.6 Å². The number of nitrogens with one attached hydrogen (secondary N) is 2. The minimum atomic E-state index is -5.77. The zero-order valence-electron chi connectivity index (χ0n) is 20.7. The molecule has 0 aromatic heterocycles. The number of alkyl halides is 9. The fourth-order valence-corrected chi connectivity index (χ4v) is 5.33. The van der Waals surface area contributed by atoms with E-state index in [9.17, 15) is 49.1 Å². The van der Waals surface area contributed by atoms with E-state index in [4.69, 9.17) is 16.3 Å². The van der Waals surface area contributed by atoms with E-state index in [-0.39, 0.29) is 5.02 Å². The highest BCUT2D eigenvalue weighted by Crippen LogP contribution is 2.48. The highest BCUT2D eigenvalue weighted by atomic mass is 35.5. The van der Waals surface area contributed by atoms with Gasteiger partial charge >= 0.3 is 30.1 Å². The van der Waals surface area contributed by atoms with Gasteiger partial charge in [-0.15, -0.1) is 0 Å². The molecule has 3 aliphatic rings. The molecule has 2 aromatic rings. The molecule has 1 fully saturated rings. The third-order valence-corrected chi connectivity index (χ3v) is 7.10. The number of rotatable bonds is 3. The second-order valence-corrected chi connectivity index (χ2v) is 9.86. The van der Waals surface area contributed by atoms with Gasteiger partial charge in [-0.25, -0.2) is 0 Å². The second kappa shape index (κ2) is 11.3. The van der Waals surface area contributed by atoms with Crippen LogP contribution in [0.2, 0.25) is 5.02 Å². The first-order valence-corrected chi connectivity index (χ1v) is 12.4. The van der Waals surface area contributed by atoms with E-state index in [0.717, 1.165) is 43.4 Å². The Morgan fingerprint density at radius 3 is 2.22 bits per heavy atom. The summed E-state index contributed by atoms with van der Waals surface area (Å²) >= 11 is 5.75. The van der Waals surface area contributed by atoms with Gasteiger partial charge in [-0.3, -0.25) is 9.59 Å². The molecule has 1 saturated heterocycles. The van der Waals surface area contributed by atoms with E-state index >= 15 is 0 Å². The zero-order chi connectivity index (χ0) is 30.3. The Morgan fingerprint density at radius 1 is 0.951 bits per heavy atom. The average Bonchev–Trinajstić information content (AvgIpc) is 3.03. The molecule has 0 bridgehead atoms. The minimum Gasteiger partial charge on any atom is -0.375 e. The van der Waals surface area contributed by atoms with Gasteiger partial charge in [0.2, 0.25) is 0 Å². The van der Waals surface area contributed by atoms with Gasteiger partial charge in [-0.05, 0) is 48.9 Å². The molecule has 0 saturated carbocycles. The van der Waals surface area contributed by atoms with E-state index < -0.39 is 35.7 Å². The number of hydrogen-bond donors (Lipinski definition) is 2. The molecule has 2 N–H and O–H groups in total. The van der Waals surface area contributed by atoms with Crippen LogP contribution in [0.5, 0.6) is 0 Å². The molecule has 3 heterocycles. The molecule has 0 amide bonds. The Morgan fingerprint density at radius 2 is 1.61 bits per heavy atom. The lowest BCUT2D eigenvalue weighted by Crippen LogP contribution is -2.44. The Hall–Kier alpha value is -3.04. The molecule has 16 heteroatoms. The number of ether oxygens (including phenoxy) is 1. The topological polar surface area (TPSA) is 70.7 Å². The predicted molar refractivity (Wildman–Crippen MR) is 129 cm³/mol.